The van der Waals surface area contributed by atoms with Gasteiger partial charge in [0, 0.05) is 12.6 Å². The summed E-state index contributed by atoms with van der Waals surface area (Å²) >= 11 is 0. The fourth-order valence-electron chi connectivity index (χ4n) is 2.75. The maximum atomic E-state index is 13.3. The molecule has 0 saturated heterocycles. The van der Waals surface area contributed by atoms with Gasteiger partial charge in [0.2, 0.25) is 0 Å². The molecule has 0 bridgehead atoms. The van der Waals surface area contributed by atoms with E-state index in [-0.39, 0.29) is 12.4 Å². The molecule has 2 rings (SSSR count). The fraction of sp³-hybridized carbons (Fsp3) is 0.625. The number of ether oxygens (including phenoxy) is 1. The Morgan fingerprint density at radius 3 is 2.75 bits per heavy atom. The summed E-state index contributed by atoms with van der Waals surface area (Å²) in [4.78, 5) is 0. The van der Waals surface area contributed by atoms with Crippen molar-refractivity contribution in [1.29, 1.82) is 0 Å². The summed E-state index contributed by atoms with van der Waals surface area (Å²) in [5.74, 6) is 0.511. The Morgan fingerprint density at radius 1 is 1.35 bits per heavy atom. The van der Waals surface area contributed by atoms with Crippen molar-refractivity contribution in [3.8, 4) is 5.75 Å². The van der Waals surface area contributed by atoms with Crippen LogP contribution in [0.2, 0.25) is 0 Å². The molecule has 4 heteroatoms. The second-order valence-corrected chi connectivity index (χ2v) is 5.64. The number of halogens is 1. The van der Waals surface area contributed by atoms with Crippen molar-refractivity contribution in [2.75, 3.05) is 13.2 Å². The molecule has 20 heavy (non-hydrogen) atoms. The van der Waals surface area contributed by atoms with Crippen LogP contribution in [-0.4, -0.2) is 30.4 Å². The van der Waals surface area contributed by atoms with Gasteiger partial charge in [0.15, 0.2) is 11.6 Å². The number of hydrogen-bond donors (Lipinski definition) is 2. The number of benzene rings is 1. The van der Waals surface area contributed by atoms with Crippen molar-refractivity contribution < 1.29 is 14.2 Å². The smallest absolute Gasteiger partial charge is 0.165 e. The van der Waals surface area contributed by atoms with Crippen molar-refractivity contribution in [3.05, 3.63) is 30.1 Å². The van der Waals surface area contributed by atoms with Crippen molar-refractivity contribution in [2.24, 2.45) is 5.92 Å². The molecular weight excluding hydrogens is 257 g/mol. The van der Waals surface area contributed by atoms with Crippen molar-refractivity contribution in [3.63, 3.8) is 0 Å². The third kappa shape index (κ3) is 4.46. The Kier molecular flexibility index (Phi) is 5.80. The second-order valence-electron chi connectivity index (χ2n) is 5.64. The molecule has 1 aliphatic rings. The lowest BCUT2D eigenvalue weighted by Gasteiger charge is -2.22. The van der Waals surface area contributed by atoms with Crippen LogP contribution in [0.5, 0.6) is 5.75 Å². The van der Waals surface area contributed by atoms with Gasteiger partial charge in [-0.2, -0.15) is 0 Å². The molecule has 0 aromatic heterocycles. The average Bonchev–Trinajstić information content (AvgIpc) is 2.98. The van der Waals surface area contributed by atoms with Gasteiger partial charge in [-0.3, -0.25) is 0 Å². The summed E-state index contributed by atoms with van der Waals surface area (Å²) < 4.78 is 18.6. The highest BCUT2D eigenvalue weighted by atomic mass is 19.1. The Morgan fingerprint density at radius 2 is 2.05 bits per heavy atom. The molecule has 0 aliphatic heterocycles. The van der Waals surface area contributed by atoms with Crippen LogP contribution in [0.25, 0.3) is 0 Å². The molecule has 0 spiro atoms. The first-order valence-corrected chi connectivity index (χ1v) is 7.45. The van der Waals surface area contributed by atoms with E-state index in [4.69, 9.17) is 4.74 Å². The minimum atomic E-state index is -0.626. The van der Waals surface area contributed by atoms with Crippen LogP contribution in [0.4, 0.5) is 4.39 Å². The molecule has 2 atom stereocenters. The Balaban J connectivity index is 1.67. The zero-order chi connectivity index (χ0) is 14.4. The monoisotopic (exact) mass is 281 g/mol. The zero-order valence-corrected chi connectivity index (χ0v) is 12.0. The fourth-order valence-corrected chi connectivity index (χ4v) is 2.75. The second kappa shape index (κ2) is 7.60. The predicted molar refractivity (Wildman–Crippen MR) is 77.3 cm³/mol. The van der Waals surface area contributed by atoms with Crippen molar-refractivity contribution in [1.82, 2.24) is 5.32 Å². The maximum absolute atomic E-state index is 13.3. The van der Waals surface area contributed by atoms with E-state index < -0.39 is 11.9 Å². The molecule has 1 fully saturated rings. The molecule has 2 N–H and O–H groups in total. The van der Waals surface area contributed by atoms with E-state index in [0.29, 0.717) is 12.6 Å². The number of para-hydroxylation sites is 1. The molecule has 3 nitrogen and oxygen atoms in total. The van der Waals surface area contributed by atoms with Crippen LogP contribution in [0.1, 0.15) is 32.6 Å². The van der Waals surface area contributed by atoms with E-state index >= 15 is 0 Å². The molecule has 112 valence electrons. The number of aliphatic hydroxyl groups excluding tert-OH is 1. The largest absolute Gasteiger partial charge is 0.488 e. The molecule has 0 amide bonds. The highest BCUT2D eigenvalue weighted by Crippen LogP contribution is 2.27. The third-order valence-corrected chi connectivity index (χ3v) is 4.05. The molecular formula is C16H24FNO2. The molecule has 1 aliphatic carbocycles. The zero-order valence-electron chi connectivity index (χ0n) is 12.0. The summed E-state index contributed by atoms with van der Waals surface area (Å²) in [6.45, 7) is 2.75. The quantitative estimate of drug-likeness (QED) is 0.807. The van der Waals surface area contributed by atoms with Gasteiger partial charge in [0.05, 0.1) is 0 Å². The molecule has 1 saturated carbocycles. The van der Waals surface area contributed by atoms with E-state index in [2.05, 4.69) is 12.2 Å². The summed E-state index contributed by atoms with van der Waals surface area (Å²) in [5.41, 5.74) is 0. The Hall–Kier alpha value is -1.13. The van der Waals surface area contributed by atoms with Crippen LogP contribution in [-0.2, 0) is 0 Å². The molecule has 1 aromatic carbocycles. The topological polar surface area (TPSA) is 41.5 Å². The Bertz CT molecular complexity index is 407. The van der Waals surface area contributed by atoms with Gasteiger partial charge in [-0.25, -0.2) is 4.39 Å². The summed E-state index contributed by atoms with van der Waals surface area (Å²) in [6, 6.07) is 6.66. The molecule has 1 aromatic rings. The van der Waals surface area contributed by atoms with Gasteiger partial charge >= 0.3 is 0 Å². The van der Waals surface area contributed by atoms with Gasteiger partial charge in [-0.15, -0.1) is 0 Å². The van der Waals surface area contributed by atoms with Crippen molar-refractivity contribution in [2.45, 2.75) is 44.8 Å². The van der Waals surface area contributed by atoms with Gasteiger partial charge in [-0.1, -0.05) is 25.0 Å². The van der Waals surface area contributed by atoms with Crippen LogP contribution >= 0.6 is 0 Å². The standard InChI is InChI=1S/C16H24FNO2/c1-12(13-6-2-3-7-13)18-10-14(19)11-20-16-9-5-4-8-15(16)17/h4-5,8-9,12-14,18-19H,2-3,6-7,10-11H2,1H3. The van der Waals surface area contributed by atoms with Crippen molar-refractivity contribution >= 4 is 0 Å². The van der Waals surface area contributed by atoms with Gasteiger partial charge < -0.3 is 15.2 Å². The predicted octanol–water partition coefficient (Wildman–Crippen LogP) is 2.73. The lowest BCUT2D eigenvalue weighted by molar-refractivity contribution is 0.0995. The van der Waals surface area contributed by atoms with E-state index in [1.54, 1.807) is 18.2 Å². The summed E-state index contributed by atoms with van der Waals surface area (Å²) in [5, 5.41) is 13.2. The molecule has 2 unspecified atom stereocenters. The van der Waals surface area contributed by atoms with Crippen LogP contribution < -0.4 is 10.1 Å². The number of rotatable bonds is 7. The average molecular weight is 281 g/mol. The van der Waals surface area contributed by atoms with Crippen LogP contribution in [0.15, 0.2) is 24.3 Å². The first-order chi connectivity index (χ1) is 9.66. The van der Waals surface area contributed by atoms with E-state index in [1.807, 2.05) is 0 Å². The van der Waals surface area contributed by atoms with E-state index in [9.17, 15) is 9.50 Å². The summed E-state index contributed by atoms with van der Waals surface area (Å²) in [7, 11) is 0. The van der Waals surface area contributed by atoms with Crippen LogP contribution in [0.3, 0.4) is 0 Å². The number of nitrogens with one attached hydrogen (secondary N) is 1. The van der Waals surface area contributed by atoms with Crippen LogP contribution in [0, 0.1) is 11.7 Å². The molecule has 0 heterocycles. The molecule has 0 radical (unpaired) electrons. The number of aliphatic hydroxyl groups is 1. The van der Waals surface area contributed by atoms with Gasteiger partial charge in [0.25, 0.3) is 0 Å². The van der Waals surface area contributed by atoms with Gasteiger partial charge in [-0.05, 0) is 37.8 Å². The Labute approximate surface area is 120 Å². The maximum Gasteiger partial charge on any atom is 0.165 e. The lowest BCUT2D eigenvalue weighted by atomic mass is 10.00. The first-order valence-electron chi connectivity index (χ1n) is 7.45. The first kappa shape index (κ1) is 15.3. The number of hydrogen-bond acceptors (Lipinski definition) is 3. The van der Waals surface area contributed by atoms with Gasteiger partial charge in [0.1, 0.15) is 12.7 Å². The SMILES string of the molecule is CC(NCC(O)COc1ccccc1F)C1CCCC1. The highest BCUT2D eigenvalue weighted by Gasteiger charge is 2.21. The lowest BCUT2D eigenvalue weighted by Crippen LogP contribution is -2.39. The van der Waals surface area contributed by atoms with E-state index in [0.717, 1.165) is 5.92 Å². The van der Waals surface area contributed by atoms with E-state index in [1.165, 1.54) is 31.7 Å². The minimum absolute atomic E-state index is 0.102. The summed E-state index contributed by atoms with van der Waals surface area (Å²) in [6.07, 6.45) is 4.55. The minimum Gasteiger partial charge on any atom is -0.488 e. The normalized spacial score (nSPS) is 18.9. The highest BCUT2D eigenvalue weighted by molar-refractivity contribution is 5.23. The third-order valence-electron chi connectivity index (χ3n) is 4.05.